The monoisotopic (exact) mass is 514 g/mol. The average molecular weight is 515 g/mol. The molecule has 0 saturated carbocycles. The third-order valence-corrected chi connectivity index (χ3v) is 7.51. The Labute approximate surface area is 205 Å². The summed E-state index contributed by atoms with van der Waals surface area (Å²) in [5, 5.41) is 19.6. The van der Waals surface area contributed by atoms with E-state index in [1.165, 1.54) is 24.3 Å². The molecule has 15 heteroatoms. The van der Waals surface area contributed by atoms with Crippen molar-refractivity contribution in [1.82, 2.24) is 25.2 Å². The molecule has 5 rings (SSSR count). The lowest BCUT2D eigenvalue weighted by atomic mass is 10.0. The van der Waals surface area contributed by atoms with E-state index in [2.05, 4.69) is 25.4 Å². The first-order chi connectivity index (χ1) is 16.9. The van der Waals surface area contributed by atoms with Crippen molar-refractivity contribution in [3.63, 3.8) is 0 Å². The van der Waals surface area contributed by atoms with Gasteiger partial charge in [-0.1, -0.05) is 5.16 Å². The Bertz CT molecular complexity index is 1410. The van der Waals surface area contributed by atoms with Gasteiger partial charge in [0.25, 0.3) is 11.8 Å². The van der Waals surface area contributed by atoms with Crippen molar-refractivity contribution in [3.8, 4) is 0 Å². The van der Waals surface area contributed by atoms with Gasteiger partial charge in [0.05, 0.1) is 17.9 Å². The molecule has 0 bridgehead atoms. The average Bonchev–Trinajstić information content (AvgIpc) is 3.49. The van der Waals surface area contributed by atoms with Gasteiger partial charge in [0.2, 0.25) is 6.33 Å². The van der Waals surface area contributed by atoms with E-state index in [4.69, 9.17) is 10.6 Å². The number of nitrogen functional groups attached to an aromatic ring is 1. The van der Waals surface area contributed by atoms with E-state index in [1.54, 1.807) is 17.1 Å². The van der Waals surface area contributed by atoms with Gasteiger partial charge in [-0.05, 0) is 17.1 Å². The number of H-pyrrole nitrogens is 1. The number of fused-ring (bicyclic) bond motifs is 2. The quantitative estimate of drug-likeness (QED) is 0.144. The van der Waals surface area contributed by atoms with Gasteiger partial charge in [-0.2, -0.15) is 0 Å². The van der Waals surface area contributed by atoms with Gasteiger partial charge in [-0.25, -0.2) is 9.55 Å². The highest BCUT2D eigenvalue weighted by Gasteiger charge is 2.53. The number of hydrogen-bond acceptors (Lipinski definition) is 11. The maximum Gasteiger partial charge on any atom is 0.348 e. The maximum atomic E-state index is 13.0. The first-order valence-electron chi connectivity index (χ1n) is 10.2. The molecule has 5 heterocycles. The number of imidazole rings is 1. The molecule has 2 amide bonds. The van der Waals surface area contributed by atoms with Crippen molar-refractivity contribution < 1.29 is 28.9 Å². The fraction of sp³-hybridized carbons (Fsp3) is 0.250. The van der Waals surface area contributed by atoms with E-state index < -0.39 is 29.2 Å². The molecule has 1 fully saturated rings. The lowest BCUT2D eigenvalue weighted by Gasteiger charge is -2.50. The summed E-state index contributed by atoms with van der Waals surface area (Å²) in [5.41, 5.74) is 7.45. The Morgan fingerprint density at radius 2 is 2.31 bits per heavy atom. The molecule has 13 nitrogen and oxygen atoms in total. The Hall–Kier alpha value is -3.98. The van der Waals surface area contributed by atoms with Crippen LogP contribution in [-0.4, -0.2) is 67.6 Å². The number of thioether (sulfide) groups is 1. The molecule has 180 valence electrons. The molecule has 0 aliphatic carbocycles. The summed E-state index contributed by atoms with van der Waals surface area (Å²) >= 11 is 2.47. The van der Waals surface area contributed by atoms with Crippen molar-refractivity contribution >= 4 is 62.9 Å². The molecular formula is C20H18N8O5S2. The normalized spacial score (nSPS) is 20.0. The number of carbonyl (C=O) groups is 3. The number of carboxylic acids is 1. The predicted molar refractivity (Wildman–Crippen MR) is 123 cm³/mol. The van der Waals surface area contributed by atoms with Crippen LogP contribution in [0.4, 0.5) is 5.13 Å². The van der Waals surface area contributed by atoms with E-state index in [-0.39, 0.29) is 28.8 Å². The Kier molecular flexibility index (Phi) is 5.86. The van der Waals surface area contributed by atoms with Crippen LogP contribution in [0.25, 0.3) is 11.2 Å². The summed E-state index contributed by atoms with van der Waals surface area (Å²) in [6.07, 6.45) is 3.33. The molecule has 0 radical (unpaired) electrons. The van der Waals surface area contributed by atoms with Gasteiger partial charge < -0.3 is 30.8 Å². The lowest BCUT2D eigenvalue weighted by Crippen LogP contribution is -2.71. The first-order valence-corrected chi connectivity index (χ1v) is 12.1. The molecule has 0 spiro atoms. The highest BCUT2D eigenvalue weighted by atomic mass is 32.2. The number of rotatable bonds is 7. The zero-order chi connectivity index (χ0) is 24.7. The van der Waals surface area contributed by atoms with Crippen LogP contribution in [0.2, 0.25) is 0 Å². The number of thiazole rings is 1. The zero-order valence-corrected chi connectivity index (χ0v) is 19.8. The van der Waals surface area contributed by atoms with Crippen LogP contribution >= 0.6 is 23.1 Å². The number of β-lactam (4-membered cyclic amide) rings is 1. The van der Waals surface area contributed by atoms with E-state index in [0.717, 1.165) is 21.8 Å². The Morgan fingerprint density at radius 3 is 3.03 bits per heavy atom. The van der Waals surface area contributed by atoms with E-state index >= 15 is 0 Å². The maximum absolute atomic E-state index is 13.0. The number of pyridine rings is 1. The lowest BCUT2D eigenvalue weighted by molar-refractivity contribution is -0.664. The third kappa shape index (κ3) is 3.97. The fourth-order valence-corrected chi connectivity index (χ4v) is 5.87. The molecular weight excluding hydrogens is 496 g/mol. The van der Waals surface area contributed by atoms with Gasteiger partial charge in [0.1, 0.15) is 36.3 Å². The third-order valence-electron chi connectivity index (χ3n) is 5.50. The minimum atomic E-state index is -1.46. The number of amides is 2. The van der Waals surface area contributed by atoms with Crippen molar-refractivity contribution in [2.75, 3.05) is 18.6 Å². The summed E-state index contributed by atoms with van der Waals surface area (Å²) in [6.45, 7) is 0.210. The predicted octanol–water partition coefficient (Wildman–Crippen LogP) is -1.66. The first kappa shape index (κ1) is 22.8. The van der Waals surface area contributed by atoms with Gasteiger partial charge >= 0.3 is 5.65 Å². The van der Waals surface area contributed by atoms with Gasteiger partial charge in [-0.3, -0.25) is 14.5 Å². The second-order valence-corrected chi connectivity index (χ2v) is 9.56. The molecule has 2 aliphatic rings. The molecule has 2 atom stereocenters. The second kappa shape index (κ2) is 8.99. The van der Waals surface area contributed by atoms with E-state index in [0.29, 0.717) is 17.0 Å². The number of nitrogens with zero attached hydrogens (tertiary/aromatic N) is 5. The number of aliphatic carboxylic acids is 1. The fourth-order valence-electron chi connectivity index (χ4n) is 3.99. The van der Waals surface area contributed by atoms with E-state index in [9.17, 15) is 19.5 Å². The minimum Gasteiger partial charge on any atom is -0.543 e. The second-order valence-electron chi connectivity index (χ2n) is 7.57. The van der Waals surface area contributed by atoms with Crippen LogP contribution in [0.5, 0.6) is 0 Å². The molecule has 0 aromatic carbocycles. The number of carbonyl (C=O) groups excluding carboxylic acids is 3. The summed E-state index contributed by atoms with van der Waals surface area (Å²) < 4.78 is 1.79. The SMILES string of the molecule is CON=C(C(=O)NC1C(=O)N2C(C(=O)[O-])=C(C[n+]3cccc4[nH]cnc43)CS[C@@H]12)c1csc(N)n1. The molecule has 1 unspecified atom stereocenters. The highest BCUT2D eigenvalue weighted by Crippen LogP contribution is 2.40. The smallest absolute Gasteiger partial charge is 0.348 e. The molecule has 4 N–H and O–H groups in total. The number of nitrogens with two attached hydrogens (primary N) is 1. The Morgan fingerprint density at radius 1 is 1.49 bits per heavy atom. The number of oxime groups is 1. The summed E-state index contributed by atoms with van der Waals surface area (Å²) in [5.74, 6) is -2.40. The summed E-state index contributed by atoms with van der Waals surface area (Å²) in [7, 11) is 1.27. The topological polar surface area (TPSA) is 183 Å². The van der Waals surface area contributed by atoms with Crippen LogP contribution < -0.4 is 20.7 Å². The van der Waals surface area contributed by atoms with Crippen LogP contribution in [0, 0.1) is 0 Å². The zero-order valence-electron chi connectivity index (χ0n) is 18.1. The number of carboxylic acid groups (broad SMARTS) is 1. The Balaban J connectivity index is 1.38. The number of aromatic amines is 1. The standard InChI is InChI=1S/C20H18N8O5S2/c1-33-26-12(11-7-35-20(21)24-11)16(29)25-13-17(30)28-14(19(31)32)9(6-34-18(13)28)5-27-4-2-3-10-15(27)23-8-22-10/h2-4,7-8,13,18H,5-6H2,1H3,(H4,21,24,25,29,31,32)/t13?,18-/m0/s1. The van der Waals surface area contributed by atoms with Crippen LogP contribution in [0.15, 0.2) is 46.5 Å². The molecule has 2 aliphatic heterocycles. The van der Waals surface area contributed by atoms with Gasteiger partial charge in [-0.15, -0.1) is 23.1 Å². The largest absolute Gasteiger partial charge is 0.543 e. The number of hydrogen-bond donors (Lipinski definition) is 3. The van der Waals surface area contributed by atoms with Gasteiger partial charge in [0, 0.05) is 16.7 Å². The molecule has 3 aromatic heterocycles. The van der Waals surface area contributed by atoms with Crippen molar-refractivity contribution in [3.05, 3.63) is 47.0 Å². The van der Waals surface area contributed by atoms with Gasteiger partial charge in [0.15, 0.2) is 10.8 Å². The molecule has 1 saturated heterocycles. The van der Waals surface area contributed by atoms with Crippen LogP contribution in [-0.2, 0) is 25.8 Å². The summed E-state index contributed by atoms with van der Waals surface area (Å²) in [6, 6.07) is 2.71. The number of anilines is 1. The number of nitrogens with one attached hydrogen (secondary N) is 2. The van der Waals surface area contributed by atoms with Crippen molar-refractivity contribution in [2.24, 2.45) is 5.16 Å². The van der Waals surface area contributed by atoms with Crippen molar-refractivity contribution in [2.45, 2.75) is 18.0 Å². The van der Waals surface area contributed by atoms with Crippen LogP contribution in [0.3, 0.4) is 0 Å². The summed E-state index contributed by atoms with van der Waals surface area (Å²) in [4.78, 5) is 55.1. The van der Waals surface area contributed by atoms with E-state index in [1.807, 2.05) is 12.1 Å². The molecule has 3 aromatic rings. The molecule has 35 heavy (non-hydrogen) atoms. The number of aromatic nitrogens is 4. The van der Waals surface area contributed by atoms with Crippen LogP contribution in [0.1, 0.15) is 5.69 Å². The highest BCUT2D eigenvalue weighted by molar-refractivity contribution is 8.00. The van der Waals surface area contributed by atoms with Crippen molar-refractivity contribution in [1.29, 1.82) is 0 Å². The minimum absolute atomic E-state index is 0.146.